The van der Waals surface area contributed by atoms with Crippen molar-refractivity contribution in [1.29, 1.82) is 0 Å². The molecular formula is C27H29N7O3. The van der Waals surface area contributed by atoms with Gasteiger partial charge in [-0.25, -0.2) is 9.97 Å². The van der Waals surface area contributed by atoms with Crippen molar-refractivity contribution in [2.75, 3.05) is 39.3 Å². The Labute approximate surface area is 214 Å². The van der Waals surface area contributed by atoms with E-state index in [4.69, 9.17) is 14.5 Å². The second-order valence-corrected chi connectivity index (χ2v) is 8.89. The summed E-state index contributed by atoms with van der Waals surface area (Å²) < 4.78 is 11.1. The fourth-order valence-corrected chi connectivity index (χ4v) is 4.40. The molecule has 0 aliphatic carbocycles. The minimum absolute atomic E-state index is 0.116. The van der Waals surface area contributed by atoms with E-state index in [9.17, 15) is 4.79 Å². The summed E-state index contributed by atoms with van der Waals surface area (Å²) >= 11 is 0. The first-order valence-corrected chi connectivity index (χ1v) is 12.1. The third-order valence-corrected chi connectivity index (χ3v) is 6.31. The van der Waals surface area contributed by atoms with Crippen molar-refractivity contribution >= 4 is 28.6 Å². The Morgan fingerprint density at radius 3 is 2.54 bits per heavy atom. The van der Waals surface area contributed by atoms with Crippen LogP contribution in [-0.4, -0.2) is 65.5 Å². The van der Waals surface area contributed by atoms with Gasteiger partial charge < -0.3 is 19.4 Å². The highest BCUT2D eigenvalue weighted by molar-refractivity contribution is 5.82. The number of likely N-dealkylation sites (N-methyl/N-ethyl adjacent to an activating group) is 1. The van der Waals surface area contributed by atoms with Gasteiger partial charge in [0.15, 0.2) is 0 Å². The molecule has 10 heteroatoms. The molecule has 37 heavy (non-hydrogen) atoms. The zero-order valence-corrected chi connectivity index (χ0v) is 21.1. The van der Waals surface area contributed by atoms with Crippen LogP contribution in [-0.2, 0) is 6.42 Å². The van der Waals surface area contributed by atoms with Gasteiger partial charge in [-0.05, 0) is 24.6 Å². The summed E-state index contributed by atoms with van der Waals surface area (Å²) in [6, 6.07) is 13.3. The van der Waals surface area contributed by atoms with Crippen LogP contribution in [0, 0.1) is 0 Å². The van der Waals surface area contributed by atoms with Crippen molar-refractivity contribution in [2.24, 2.45) is 5.10 Å². The average Bonchev–Trinajstić information content (AvgIpc) is 3.36. The van der Waals surface area contributed by atoms with Gasteiger partial charge in [0.2, 0.25) is 0 Å². The predicted molar refractivity (Wildman–Crippen MR) is 143 cm³/mol. The van der Waals surface area contributed by atoms with Crippen molar-refractivity contribution < 1.29 is 9.47 Å². The molecule has 190 valence electrons. The Bertz CT molecular complexity index is 1460. The largest absolute Gasteiger partial charge is 0.497 e. The quantitative estimate of drug-likeness (QED) is 0.373. The Balaban J connectivity index is 1.49. The highest BCUT2D eigenvalue weighted by Gasteiger charge is 2.20. The number of rotatable bonds is 9. The third kappa shape index (κ3) is 5.53. The Morgan fingerprint density at radius 2 is 1.84 bits per heavy atom. The van der Waals surface area contributed by atoms with Crippen molar-refractivity contribution in [1.82, 2.24) is 24.9 Å². The molecule has 2 aromatic heterocycles. The number of aryl methyl sites for hydroxylation is 1. The van der Waals surface area contributed by atoms with E-state index >= 15 is 0 Å². The Hall–Kier alpha value is -4.47. The van der Waals surface area contributed by atoms with Gasteiger partial charge in [0, 0.05) is 80.8 Å². The molecule has 10 nitrogen and oxygen atoms in total. The van der Waals surface area contributed by atoms with E-state index in [0.29, 0.717) is 30.3 Å². The Kier molecular flexibility index (Phi) is 6.98. The highest BCUT2D eigenvalue weighted by Crippen LogP contribution is 2.34. The zero-order valence-electron chi connectivity index (χ0n) is 21.1. The molecular weight excluding hydrogens is 470 g/mol. The number of hydrogen-bond donors (Lipinski definition) is 1. The molecule has 2 aromatic carbocycles. The average molecular weight is 500 g/mol. The number of H-pyrrole nitrogens is 1. The number of anilines is 2. The maximum Gasteiger partial charge on any atom is 0.250 e. The SMILES string of the molecule is COc1cc(OC)cc(N(CCCc2nccc(=O)[nH]2)c2ccc3ncc(C4C=NN(C)C4)nc3c2)c1. The normalized spacial score (nSPS) is 14.8. The molecule has 0 bridgehead atoms. The van der Waals surface area contributed by atoms with Crippen LogP contribution in [0.1, 0.15) is 23.9 Å². The summed E-state index contributed by atoms with van der Waals surface area (Å²) in [5.41, 5.74) is 4.25. The fourth-order valence-electron chi connectivity index (χ4n) is 4.40. The van der Waals surface area contributed by atoms with E-state index in [0.717, 1.165) is 41.1 Å². The lowest BCUT2D eigenvalue weighted by molar-refractivity contribution is 0.380. The number of nitrogens with one attached hydrogen (secondary N) is 1. The van der Waals surface area contributed by atoms with Crippen molar-refractivity contribution in [3.63, 3.8) is 0 Å². The number of hydrogen-bond acceptors (Lipinski definition) is 9. The van der Waals surface area contributed by atoms with Crippen molar-refractivity contribution in [3.05, 3.63) is 76.7 Å². The monoisotopic (exact) mass is 499 g/mol. The minimum atomic E-state index is -0.151. The lowest BCUT2D eigenvalue weighted by Gasteiger charge is -2.26. The van der Waals surface area contributed by atoms with Crippen LogP contribution in [0.4, 0.5) is 11.4 Å². The summed E-state index contributed by atoms with van der Waals surface area (Å²) in [7, 11) is 5.22. The maximum atomic E-state index is 11.7. The van der Waals surface area contributed by atoms with Gasteiger partial charge in [-0.1, -0.05) is 0 Å². The lowest BCUT2D eigenvalue weighted by Crippen LogP contribution is -2.20. The van der Waals surface area contributed by atoms with E-state index in [1.54, 1.807) is 14.2 Å². The number of hydrazone groups is 1. The summed E-state index contributed by atoms with van der Waals surface area (Å²) in [5, 5.41) is 6.24. The fraction of sp³-hybridized carbons (Fsp3) is 0.296. The second kappa shape index (κ2) is 10.7. The number of benzene rings is 2. The standard InChI is InChI=1S/C27H29N7O3/c1-33-17-18(15-30-33)25-16-29-23-7-6-19(13-24(23)31-25)34(10-4-5-26-28-9-8-27(35)32-26)20-11-21(36-2)14-22(12-20)37-3/h6-9,11-16,18H,4-5,10,17H2,1-3H3,(H,28,32,35). The number of nitrogens with zero attached hydrogens (tertiary/aromatic N) is 6. The number of fused-ring (bicyclic) bond motifs is 1. The van der Waals surface area contributed by atoms with Crippen molar-refractivity contribution in [3.8, 4) is 11.5 Å². The molecule has 3 heterocycles. The van der Waals surface area contributed by atoms with Gasteiger partial charge in [0.1, 0.15) is 17.3 Å². The Morgan fingerprint density at radius 1 is 1.03 bits per heavy atom. The maximum absolute atomic E-state index is 11.7. The van der Waals surface area contributed by atoms with Crippen LogP contribution in [0.2, 0.25) is 0 Å². The topological polar surface area (TPSA) is 109 Å². The summed E-state index contributed by atoms with van der Waals surface area (Å²) in [5.74, 6) is 2.17. The molecule has 1 aliphatic rings. The molecule has 0 saturated carbocycles. The van der Waals surface area contributed by atoms with Crippen LogP contribution < -0.4 is 19.9 Å². The van der Waals surface area contributed by atoms with Gasteiger partial charge in [-0.2, -0.15) is 5.10 Å². The van der Waals surface area contributed by atoms with Gasteiger partial charge >= 0.3 is 0 Å². The molecule has 1 aliphatic heterocycles. The third-order valence-electron chi connectivity index (χ3n) is 6.31. The van der Waals surface area contributed by atoms with E-state index in [2.05, 4.69) is 31.0 Å². The number of ether oxygens (including phenoxy) is 2. The number of methoxy groups -OCH3 is 2. The first-order valence-electron chi connectivity index (χ1n) is 12.1. The molecule has 0 fully saturated rings. The lowest BCUT2D eigenvalue weighted by atomic mass is 10.1. The van der Waals surface area contributed by atoms with E-state index < -0.39 is 0 Å². The van der Waals surface area contributed by atoms with E-state index in [1.165, 1.54) is 12.3 Å². The molecule has 5 rings (SSSR count). The first-order chi connectivity index (χ1) is 18.0. The molecule has 1 N–H and O–H groups in total. The summed E-state index contributed by atoms with van der Waals surface area (Å²) in [6.07, 6.45) is 6.65. The highest BCUT2D eigenvalue weighted by atomic mass is 16.5. The van der Waals surface area contributed by atoms with E-state index in [-0.39, 0.29) is 11.5 Å². The number of aromatic amines is 1. The number of aromatic nitrogens is 4. The van der Waals surface area contributed by atoms with Crippen LogP contribution in [0.15, 0.2) is 64.8 Å². The summed E-state index contributed by atoms with van der Waals surface area (Å²) in [4.78, 5) is 30.5. The molecule has 1 atom stereocenters. The molecule has 4 aromatic rings. The van der Waals surface area contributed by atoms with Crippen LogP contribution in [0.25, 0.3) is 11.0 Å². The van der Waals surface area contributed by atoms with Crippen LogP contribution >= 0.6 is 0 Å². The molecule has 0 spiro atoms. The van der Waals surface area contributed by atoms with Gasteiger partial charge in [-0.15, -0.1) is 0 Å². The van der Waals surface area contributed by atoms with E-state index in [1.807, 2.05) is 54.8 Å². The van der Waals surface area contributed by atoms with Gasteiger partial charge in [-0.3, -0.25) is 14.8 Å². The van der Waals surface area contributed by atoms with Gasteiger partial charge in [0.05, 0.1) is 36.9 Å². The first kappa shape index (κ1) is 24.2. The molecule has 0 saturated heterocycles. The van der Waals surface area contributed by atoms with Crippen LogP contribution in [0.3, 0.4) is 0 Å². The minimum Gasteiger partial charge on any atom is -0.497 e. The zero-order chi connectivity index (χ0) is 25.8. The van der Waals surface area contributed by atoms with Crippen molar-refractivity contribution in [2.45, 2.75) is 18.8 Å². The smallest absolute Gasteiger partial charge is 0.250 e. The van der Waals surface area contributed by atoms with Crippen LogP contribution in [0.5, 0.6) is 11.5 Å². The molecule has 0 amide bonds. The second-order valence-electron chi connectivity index (χ2n) is 8.89. The molecule has 1 unspecified atom stereocenters. The van der Waals surface area contributed by atoms with Gasteiger partial charge in [0.25, 0.3) is 5.56 Å². The predicted octanol–water partition coefficient (Wildman–Crippen LogP) is 3.52. The summed E-state index contributed by atoms with van der Waals surface area (Å²) in [6.45, 7) is 1.44. The molecule has 0 radical (unpaired) electrons.